The molecule has 1 aliphatic carbocycles. The highest BCUT2D eigenvalue weighted by molar-refractivity contribution is 5.94. The highest BCUT2D eigenvalue weighted by atomic mass is 16.5. The first-order valence-corrected chi connectivity index (χ1v) is 10.5. The summed E-state index contributed by atoms with van der Waals surface area (Å²) in [5, 5.41) is 2.99. The van der Waals surface area contributed by atoms with E-state index in [1.165, 1.54) is 19.3 Å². The molecule has 1 saturated carbocycles. The number of ether oxygens (including phenoxy) is 1. The van der Waals surface area contributed by atoms with Crippen molar-refractivity contribution in [2.75, 3.05) is 20.1 Å². The molecular formula is C22H33N3O3. The lowest BCUT2D eigenvalue weighted by Gasteiger charge is -2.35. The number of carbonyl (C=O) groups excluding carboxylic acids is 2. The van der Waals surface area contributed by atoms with Crippen LogP contribution in [-0.4, -0.2) is 60.1 Å². The van der Waals surface area contributed by atoms with Crippen LogP contribution in [0, 0.1) is 0 Å². The van der Waals surface area contributed by atoms with Gasteiger partial charge >= 0.3 is 6.03 Å². The average molecular weight is 388 g/mol. The fourth-order valence-corrected chi connectivity index (χ4v) is 4.23. The predicted molar refractivity (Wildman–Crippen MR) is 109 cm³/mol. The third-order valence-electron chi connectivity index (χ3n) is 5.79. The number of rotatable bonds is 4. The average Bonchev–Trinajstić information content (AvgIpc) is 2.71. The van der Waals surface area contributed by atoms with Crippen molar-refractivity contribution < 1.29 is 14.3 Å². The molecule has 28 heavy (non-hydrogen) atoms. The molecule has 1 aromatic rings. The molecule has 154 valence electrons. The van der Waals surface area contributed by atoms with Crippen molar-refractivity contribution in [3.05, 3.63) is 35.4 Å². The van der Waals surface area contributed by atoms with Gasteiger partial charge in [-0.1, -0.05) is 31.4 Å². The predicted octanol–water partition coefficient (Wildman–Crippen LogP) is 3.41. The fraction of sp³-hybridized carbons (Fsp3) is 0.636. The third kappa shape index (κ3) is 5.25. The van der Waals surface area contributed by atoms with Gasteiger partial charge in [0.15, 0.2) is 0 Å². The van der Waals surface area contributed by atoms with E-state index in [1.807, 2.05) is 55.0 Å². The van der Waals surface area contributed by atoms with Crippen LogP contribution in [0.3, 0.4) is 0 Å². The second kappa shape index (κ2) is 9.41. The van der Waals surface area contributed by atoms with Crippen LogP contribution in [0.25, 0.3) is 0 Å². The van der Waals surface area contributed by atoms with Crippen molar-refractivity contribution >= 4 is 11.9 Å². The molecule has 3 rings (SSSR count). The van der Waals surface area contributed by atoms with Crippen LogP contribution < -0.4 is 5.32 Å². The second-order valence-corrected chi connectivity index (χ2v) is 8.23. The Balaban J connectivity index is 1.51. The lowest BCUT2D eigenvalue weighted by Crippen LogP contribution is -2.48. The van der Waals surface area contributed by atoms with Crippen LogP contribution in [0.5, 0.6) is 0 Å². The number of hydrogen-bond donors (Lipinski definition) is 1. The summed E-state index contributed by atoms with van der Waals surface area (Å²) in [7, 11) is 1.89. The standard InChI is InChI=1S/C22H33N3O3/c1-16-14-25(15-17(2)28-16)21(26)19-11-9-18(10-12-19)13-23-22(27)24(3)20-7-5-4-6-8-20/h9-12,16-17,20H,4-8,13-15H2,1-3H3,(H,23,27). The van der Waals surface area contributed by atoms with Gasteiger partial charge in [-0.25, -0.2) is 4.79 Å². The maximum atomic E-state index is 12.7. The number of morpholine rings is 1. The monoisotopic (exact) mass is 387 g/mol. The van der Waals surface area contributed by atoms with E-state index in [9.17, 15) is 9.59 Å². The van der Waals surface area contributed by atoms with Gasteiger partial charge in [-0.05, 0) is 44.4 Å². The molecule has 2 fully saturated rings. The summed E-state index contributed by atoms with van der Waals surface area (Å²) in [6.45, 7) is 5.69. The van der Waals surface area contributed by atoms with Crippen molar-refractivity contribution in [3.63, 3.8) is 0 Å². The molecule has 1 aliphatic heterocycles. The lowest BCUT2D eigenvalue weighted by atomic mass is 9.95. The van der Waals surface area contributed by atoms with E-state index in [-0.39, 0.29) is 24.1 Å². The Labute approximate surface area is 168 Å². The highest BCUT2D eigenvalue weighted by Gasteiger charge is 2.26. The highest BCUT2D eigenvalue weighted by Crippen LogP contribution is 2.21. The molecule has 0 radical (unpaired) electrons. The maximum absolute atomic E-state index is 12.7. The molecule has 6 heteroatoms. The first-order valence-electron chi connectivity index (χ1n) is 10.5. The number of nitrogens with one attached hydrogen (secondary N) is 1. The van der Waals surface area contributed by atoms with Gasteiger partial charge in [0.1, 0.15) is 0 Å². The Morgan fingerprint density at radius 2 is 1.68 bits per heavy atom. The number of carbonyl (C=O) groups is 2. The van der Waals surface area contributed by atoms with Crippen molar-refractivity contribution in [1.29, 1.82) is 0 Å². The van der Waals surface area contributed by atoms with Gasteiger partial charge in [0, 0.05) is 38.3 Å². The summed E-state index contributed by atoms with van der Waals surface area (Å²) in [5.41, 5.74) is 1.67. The summed E-state index contributed by atoms with van der Waals surface area (Å²) in [5.74, 6) is 0.0367. The van der Waals surface area contributed by atoms with Crippen LogP contribution in [0.1, 0.15) is 61.9 Å². The van der Waals surface area contributed by atoms with E-state index in [0.29, 0.717) is 31.2 Å². The molecule has 0 spiro atoms. The first kappa shape index (κ1) is 20.6. The Bertz CT molecular complexity index is 660. The Kier molecular flexibility index (Phi) is 6.94. The van der Waals surface area contributed by atoms with Gasteiger partial charge in [0.05, 0.1) is 12.2 Å². The zero-order valence-electron chi connectivity index (χ0n) is 17.3. The molecule has 2 aliphatic rings. The normalized spacial score (nSPS) is 23.3. The van der Waals surface area contributed by atoms with Gasteiger partial charge in [-0.3, -0.25) is 4.79 Å². The molecule has 2 atom stereocenters. The molecule has 0 bridgehead atoms. The van der Waals surface area contributed by atoms with Crippen molar-refractivity contribution in [1.82, 2.24) is 15.1 Å². The van der Waals surface area contributed by atoms with Gasteiger partial charge in [0.2, 0.25) is 0 Å². The van der Waals surface area contributed by atoms with E-state index in [0.717, 1.165) is 18.4 Å². The summed E-state index contributed by atoms with van der Waals surface area (Å²) < 4.78 is 5.70. The molecule has 0 aromatic heterocycles. The van der Waals surface area contributed by atoms with Crippen LogP contribution in [0.2, 0.25) is 0 Å². The van der Waals surface area contributed by atoms with E-state index >= 15 is 0 Å². The molecule has 1 heterocycles. The number of urea groups is 1. The van der Waals surface area contributed by atoms with Gasteiger partial charge < -0.3 is 19.9 Å². The molecule has 3 amide bonds. The molecule has 1 N–H and O–H groups in total. The summed E-state index contributed by atoms with van der Waals surface area (Å²) >= 11 is 0. The topological polar surface area (TPSA) is 61.9 Å². The molecule has 6 nitrogen and oxygen atoms in total. The summed E-state index contributed by atoms with van der Waals surface area (Å²) in [6.07, 6.45) is 6.00. The molecular weight excluding hydrogens is 354 g/mol. The second-order valence-electron chi connectivity index (χ2n) is 8.23. The van der Waals surface area contributed by atoms with Crippen LogP contribution >= 0.6 is 0 Å². The zero-order chi connectivity index (χ0) is 20.1. The minimum atomic E-state index is -0.0247. The Hall–Kier alpha value is -2.08. The largest absolute Gasteiger partial charge is 0.372 e. The van der Waals surface area contributed by atoms with E-state index in [1.54, 1.807) is 0 Å². The van der Waals surface area contributed by atoms with Crippen molar-refractivity contribution in [2.24, 2.45) is 0 Å². The molecule has 1 saturated heterocycles. The van der Waals surface area contributed by atoms with E-state index in [2.05, 4.69) is 5.32 Å². The van der Waals surface area contributed by atoms with Gasteiger partial charge in [-0.2, -0.15) is 0 Å². The van der Waals surface area contributed by atoms with E-state index in [4.69, 9.17) is 4.74 Å². The maximum Gasteiger partial charge on any atom is 0.317 e. The molecule has 2 unspecified atom stereocenters. The summed E-state index contributed by atoms with van der Waals surface area (Å²) in [6, 6.07) is 7.86. The Morgan fingerprint density at radius 3 is 2.29 bits per heavy atom. The minimum absolute atomic E-state index is 0.0247. The number of hydrogen-bond acceptors (Lipinski definition) is 3. The minimum Gasteiger partial charge on any atom is -0.372 e. The molecule has 1 aromatic carbocycles. The fourth-order valence-electron chi connectivity index (χ4n) is 4.23. The van der Waals surface area contributed by atoms with Gasteiger partial charge in [0.25, 0.3) is 5.91 Å². The Morgan fingerprint density at radius 1 is 1.07 bits per heavy atom. The zero-order valence-corrected chi connectivity index (χ0v) is 17.3. The van der Waals surface area contributed by atoms with Crippen molar-refractivity contribution in [2.45, 2.75) is 70.7 Å². The first-order chi connectivity index (χ1) is 13.4. The van der Waals surface area contributed by atoms with Crippen LogP contribution in [0.15, 0.2) is 24.3 Å². The SMILES string of the molecule is CC1CN(C(=O)c2ccc(CNC(=O)N(C)C3CCCCC3)cc2)CC(C)O1. The van der Waals surface area contributed by atoms with Gasteiger partial charge in [-0.15, -0.1) is 0 Å². The van der Waals surface area contributed by atoms with Crippen molar-refractivity contribution in [3.8, 4) is 0 Å². The quantitative estimate of drug-likeness (QED) is 0.861. The smallest absolute Gasteiger partial charge is 0.317 e. The number of amides is 3. The van der Waals surface area contributed by atoms with Crippen LogP contribution in [0.4, 0.5) is 4.79 Å². The lowest BCUT2D eigenvalue weighted by molar-refractivity contribution is -0.0586. The number of nitrogens with zero attached hydrogens (tertiary/aromatic N) is 2. The van der Waals surface area contributed by atoms with Crippen LogP contribution in [-0.2, 0) is 11.3 Å². The summed E-state index contributed by atoms with van der Waals surface area (Å²) in [4.78, 5) is 28.8. The number of benzene rings is 1. The van der Waals surface area contributed by atoms with E-state index < -0.39 is 0 Å². The third-order valence-corrected chi connectivity index (χ3v) is 5.79.